The zero-order valence-corrected chi connectivity index (χ0v) is 40.2. The molecule has 0 aliphatic carbocycles. The Balaban J connectivity index is 1.12. The van der Waals surface area contributed by atoms with E-state index in [2.05, 4.69) is 271 Å². The summed E-state index contributed by atoms with van der Waals surface area (Å²) in [6.07, 6.45) is 0. The molecule has 342 valence electrons. The third-order valence-electron chi connectivity index (χ3n) is 14.2. The molecule has 0 unspecified atom stereocenters. The van der Waals surface area contributed by atoms with Gasteiger partial charge < -0.3 is 0 Å². The van der Waals surface area contributed by atoms with Gasteiger partial charge in [-0.05, 0) is 107 Å². The van der Waals surface area contributed by atoms with Crippen molar-refractivity contribution in [1.29, 1.82) is 0 Å². The van der Waals surface area contributed by atoms with E-state index in [0.29, 0.717) is 0 Å². The van der Waals surface area contributed by atoms with Gasteiger partial charge in [-0.25, -0.2) is 15.0 Å². The van der Waals surface area contributed by atoms with Gasteiger partial charge in [0, 0.05) is 16.7 Å². The molecule has 0 amide bonds. The van der Waals surface area contributed by atoms with Crippen LogP contribution in [-0.2, 0) is 0 Å². The van der Waals surface area contributed by atoms with Gasteiger partial charge in [0.15, 0.2) is 0 Å². The maximum atomic E-state index is 5.47. The highest BCUT2D eigenvalue weighted by molar-refractivity contribution is 5.92. The molecule has 6 heteroatoms. The lowest BCUT2D eigenvalue weighted by Crippen LogP contribution is -2.14. The third-order valence-corrected chi connectivity index (χ3v) is 14.2. The predicted octanol–water partition coefficient (Wildman–Crippen LogP) is 16.6. The minimum atomic E-state index is 0.863. The van der Waals surface area contributed by atoms with Gasteiger partial charge in [0.2, 0.25) is 0 Å². The molecule has 13 aromatic rings. The monoisotopic (exact) mass is 924 g/mol. The lowest BCUT2D eigenvalue weighted by molar-refractivity contribution is 0.975. The smallest absolute Gasteiger partial charge is 0.145 e. The van der Waals surface area contributed by atoms with Gasteiger partial charge in [0.1, 0.15) is 17.5 Å². The summed E-state index contributed by atoms with van der Waals surface area (Å²) in [4.78, 5) is 16.4. The van der Waals surface area contributed by atoms with E-state index in [0.717, 1.165) is 118 Å². The molecule has 0 spiro atoms. The maximum absolute atomic E-state index is 5.47. The van der Waals surface area contributed by atoms with Crippen LogP contribution in [0, 0.1) is 20.8 Å². The fourth-order valence-electron chi connectivity index (χ4n) is 10.9. The van der Waals surface area contributed by atoms with Crippen LogP contribution in [0.2, 0.25) is 0 Å². The third kappa shape index (κ3) is 7.15. The second-order valence-electron chi connectivity index (χ2n) is 18.5. The molecule has 0 atom stereocenters. The van der Waals surface area contributed by atoms with E-state index < -0.39 is 0 Å². The van der Waals surface area contributed by atoms with Crippen LogP contribution in [-0.4, -0.2) is 28.7 Å². The molecular formula is C66H48N6. The molecule has 0 fully saturated rings. The molecule has 3 aromatic heterocycles. The Morgan fingerprint density at radius 3 is 0.694 bits per heavy atom. The van der Waals surface area contributed by atoms with Crippen LogP contribution in [0.3, 0.4) is 0 Å². The SMILES string of the molecule is Cc1c(-n2c(-c3ccc(-c4ccccc4)cc3)nc3ccccc32)c(C)c(-n2c(-c3ccc(-c4ccccc4)cc3)nc3ccccc32)c(C)c1-n1c(-c2ccc(-c3ccccc3)cc2)nc2ccccc21. The molecular weight excluding hydrogens is 877 g/mol. The number of fused-ring (bicyclic) bond motifs is 3. The summed E-state index contributed by atoms with van der Waals surface area (Å²) in [7, 11) is 0. The molecule has 10 aromatic carbocycles. The quantitative estimate of drug-likeness (QED) is 0.145. The minimum absolute atomic E-state index is 0.863. The topological polar surface area (TPSA) is 53.5 Å². The first-order valence-corrected chi connectivity index (χ1v) is 24.5. The van der Waals surface area contributed by atoms with Gasteiger partial charge >= 0.3 is 0 Å². The Labute approximate surface area is 418 Å². The van der Waals surface area contributed by atoms with Crippen molar-refractivity contribution >= 4 is 33.1 Å². The highest BCUT2D eigenvalue weighted by atomic mass is 15.1. The Bertz CT molecular complexity index is 3680. The van der Waals surface area contributed by atoms with Crippen LogP contribution in [0.5, 0.6) is 0 Å². The summed E-state index contributed by atoms with van der Waals surface area (Å²) in [5.74, 6) is 2.59. The first-order valence-electron chi connectivity index (χ1n) is 24.5. The van der Waals surface area contributed by atoms with E-state index >= 15 is 0 Å². The summed E-state index contributed by atoms with van der Waals surface area (Å²) in [5.41, 5.74) is 22.3. The number of imidazole rings is 3. The highest BCUT2D eigenvalue weighted by Gasteiger charge is 2.29. The van der Waals surface area contributed by atoms with Crippen molar-refractivity contribution in [3.05, 3.63) is 253 Å². The fourth-order valence-corrected chi connectivity index (χ4v) is 10.9. The summed E-state index contributed by atoms with van der Waals surface area (Å²) < 4.78 is 7.18. The van der Waals surface area contributed by atoms with Crippen molar-refractivity contribution in [1.82, 2.24) is 28.7 Å². The number of hydrogen-bond donors (Lipinski definition) is 0. The lowest BCUT2D eigenvalue weighted by atomic mass is 9.96. The number of rotatable bonds is 9. The lowest BCUT2D eigenvalue weighted by Gasteiger charge is -2.27. The van der Waals surface area contributed by atoms with Crippen molar-refractivity contribution < 1.29 is 0 Å². The van der Waals surface area contributed by atoms with Gasteiger partial charge in [-0.1, -0.05) is 200 Å². The summed E-state index contributed by atoms with van der Waals surface area (Å²) in [6.45, 7) is 6.83. The molecule has 0 N–H and O–H groups in total. The van der Waals surface area contributed by atoms with Gasteiger partial charge in [0.05, 0.1) is 50.2 Å². The predicted molar refractivity (Wildman–Crippen MR) is 297 cm³/mol. The van der Waals surface area contributed by atoms with Crippen molar-refractivity contribution in [2.24, 2.45) is 0 Å². The van der Waals surface area contributed by atoms with Gasteiger partial charge in [-0.2, -0.15) is 0 Å². The standard InChI is InChI=1S/C66H48N6/c1-43-61(70-58-28-16-13-25-55(58)67-64(70)52-37-31-49(32-38-52)46-19-7-4-8-20-46)44(2)63(72-60-30-18-15-27-57(60)69-66(72)54-41-35-51(36-42-54)48-23-11-6-12-24-48)45(3)62(43)71-59-29-17-14-26-56(59)68-65(71)53-39-33-50(34-40-53)47-21-9-5-10-22-47/h4-42H,1-3H3. The summed E-state index contributed by atoms with van der Waals surface area (Å²) in [5, 5.41) is 0. The van der Waals surface area contributed by atoms with Crippen LogP contribution in [0.15, 0.2) is 237 Å². The van der Waals surface area contributed by atoms with Gasteiger partial charge in [-0.15, -0.1) is 0 Å². The maximum Gasteiger partial charge on any atom is 0.145 e. The van der Waals surface area contributed by atoms with E-state index in [1.54, 1.807) is 0 Å². The van der Waals surface area contributed by atoms with Crippen LogP contribution in [0.25, 0.3) is 118 Å². The van der Waals surface area contributed by atoms with Crippen LogP contribution < -0.4 is 0 Å². The molecule has 0 saturated carbocycles. The number of benzene rings is 10. The summed E-state index contributed by atoms with van der Waals surface area (Å²) >= 11 is 0. The van der Waals surface area contributed by atoms with Crippen molar-refractivity contribution in [3.8, 4) is 84.6 Å². The molecule has 0 aliphatic rings. The van der Waals surface area contributed by atoms with Gasteiger partial charge in [0.25, 0.3) is 0 Å². The normalized spacial score (nSPS) is 11.5. The minimum Gasteiger partial charge on any atom is -0.292 e. The average molecular weight is 925 g/mol. The number of hydrogen-bond acceptors (Lipinski definition) is 3. The zero-order valence-electron chi connectivity index (χ0n) is 40.2. The van der Waals surface area contributed by atoms with Crippen LogP contribution in [0.1, 0.15) is 16.7 Å². The molecule has 0 saturated heterocycles. The van der Waals surface area contributed by atoms with Crippen molar-refractivity contribution in [3.63, 3.8) is 0 Å². The summed E-state index contributed by atoms with van der Waals surface area (Å²) in [6, 6.07) is 83.7. The fraction of sp³-hybridized carbons (Fsp3) is 0.0455. The number of aromatic nitrogens is 6. The second kappa shape index (κ2) is 17.5. The number of para-hydroxylation sites is 6. The largest absolute Gasteiger partial charge is 0.292 e. The first-order chi connectivity index (χ1) is 35.5. The van der Waals surface area contributed by atoms with Crippen LogP contribution >= 0.6 is 0 Å². The number of nitrogens with zero attached hydrogens (tertiary/aromatic N) is 6. The molecule has 3 heterocycles. The van der Waals surface area contributed by atoms with E-state index in [9.17, 15) is 0 Å². The average Bonchev–Trinajstić information content (AvgIpc) is 4.14. The second-order valence-corrected chi connectivity index (χ2v) is 18.5. The highest BCUT2D eigenvalue weighted by Crippen LogP contribution is 2.44. The van der Waals surface area contributed by atoms with E-state index in [1.807, 2.05) is 0 Å². The molecule has 6 nitrogen and oxygen atoms in total. The van der Waals surface area contributed by atoms with E-state index in [-0.39, 0.29) is 0 Å². The Morgan fingerprint density at radius 1 is 0.222 bits per heavy atom. The Morgan fingerprint density at radius 2 is 0.431 bits per heavy atom. The molecule has 0 aliphatic heterocycles. The van der Waals surface area contributed by atoms with Crippen molar-refractivity contribution in [2.45, 2.75) is 20.8 Å². The Kier molecular flexibility index (Phi) is 10.4. The van der Waals surface area contributed by atoms with Crippen LogP contribution in [0.4, 0.5) is 0 Å². The van der Waals surface area contributed by atoms with E-state index in [4.69, 9.17) is 15.0 Å². The molecule has 0 bridgehead atoms. The Hall–Kier alpha value is -9.39. The zero-order chi connectivity index (χ0) is 48.3. The van der Waals surface area contributed by atoms with E-state index in [1.165, 1.54) is 16.7 Å². The molecule has 72 heavy (non-hydrogen) atoms. The van der Waals surface area contributed by atoms with Crippen molar-refractivity contribution in [2.75, 3.05) is 0 Å². The van der Waals surface area contributed by atoms with Gasteiger partial charge in [-0.3, -0.25) is 13.7 Å². The first kappa shape index (κ1) is 42.7. The molecule has 0 radical (unpaired) electrons. The molecule has 13 rings (SSSR count).